The van der Waals surface area contributed by atoms with Crippen LogP contribution in [0.4, 0.5) is 0 Å². The largest absolute Gasteiger partial charge is 0.456 e. The monoisotopic (exact) mass is 1010 g/mol. The van der Waals surface area contributed by atoms with Crippen molar-refractivity contribution in [3.05, 3.63) is 279 Å². The molecule has 2 nitrogen and oxygen atoms in total. The molecule has 0 radical (unpaired) electrons. The molecule has 0 saturated heterocycles. The highest BCUT2D eigenvalue weighted by atomic mass is 16.3. The van der Waals surface area contributed by atoms with Crippen molar-refractivity contribution in [1.82, 2.24) is 0 Å². The van der Waals surface area contributed by atoms with Gasteiger partial charge in [0.05, 0.1) is 0 Å². The van der Waals surface area contributed by atoms with E-state index >= 15 is 0 Å². The molecule has 2 aromatic heterocycles. The summed E-state index contributed by atoms with van der Waals surface area (Å²) in [5.74, 6) is 0. The third-order valence-corrected chi connectivity index (χ3v) is 17.1. The second-order valence-electron chi connectivity index (χ2n) is 21.3. The summed E-state index contributed by atoms with van der Waals surface area (Å²) in [6, 6.07) is 102. The van der Waals surface area contributed by atoms with Crippen LogP contribution in [0.25, 0.3) is 175 Å². The van der Waals surface area contributed by atoms with Crippen molar-refractivity contribution in [1.29, 1.82) is 0 Å². The van der Waals surface area contributed by atoms with Gasteiger partial charge in [0.15, 0.2) is 0 Å². The summed E-state index contributed by atoms with van der Waals surface area (Å²) in [7, 11) is 0. The maximum absolute atomic E-state index is 6.46. The van der Waals surface area contributed by atoms with Gasteiger partial charge in [-0.2, -0.15) is 0 Å². The van der Waals surface area contributed by atoms with Crippen LogP contribution in [-0.2, 0) is 0 Å². The first-order chi connectivity index (χ1) is 39.7. The van der Waals surface area contributed by atoms with E-state index in [-0.39, 0.29) is 0 Å². The standard InChI is InChI=1S/C78H46O2/c1-3-22-61-59(20-1)73(48-39-37-47(38-40-48)55-29-15-32-67-56-19-9-11-34-70(56)80-78(55)67)60-21-2-4-23-62(60)74(61)57-30-13-17-51-45-49(41-43-53(51)57)50-42-44-54-52(46-50)18-14-31-58(54)75-63-24-5-7-26-65(63)76(66-27-8-6-25-64(66)75)69-33-16-36-72-77(69)68-28-10-12-35-71(68)79-72/h1-46H. The first-order valence-electron chi connectivity index (χ1n) is 27.6. The fourth-order valence-corrected chi connectivity index (χ4v) is 13.6. The van der Waals surface area contributed by atoms with Crippen LogP contribution >= 0.6 is 0 Å². The third-order valence-electron chi connectivity index (χ3n) is 17.1. The average Bonchev–Trinajstić information content (AvgIpc) is 4.16. The number of furan rings is 2. The molecule has 0 bridgehead atoms. The summed E-state index contributed by atoms with van der Waals surface area (Å²) in [5, 5.41) is 19.3. The van der Waals surface area contributed by atoms with Gasteiger partial charge in [-0.25, -0.2) is 0 Å². The molecule has 0 N–H and O–H groups in total. The van der Waals surface area contributed by atoms with E-state index in [0.29, 0.717) is 0 Å². The van der Waals surface area contributed by atoms with E-state index in [1.807, 2.05) is 18.2 Å². The highest BCUT2D eigenvalue weighted by Gasteiger charge is 2.23. The zero-order valence-corrected chi connectivity index (χ0v) is 43.4. The van der Waals surface area contributed by atoms with Crippen LogP contribution in [0.3, 0.4) is 0 Å². The molecule has 17 rings (SSSR count). The minimum Gasteiger partial charge on any atom is -0.456 e. The van der Waals surface area contributed by atoms with E-state index in [2.05, 4.69) is 261 Å². The molecule has 17 aromatic rings. The molecule has 0 aliphatic carbocycles. The first-order valence-corrected chi connectivity index (χ1v) is 27.6. The smallest absolute Gasteiger partial charge is 0.143 e. The zero-order valence-electron chi connectivity index (χ0n) is 43.4. The molecule has 0 atom stereocenters. The average molecular weight is 1020 g/mol. The van der Waals surface area contributed by atoms with Gasteiger partial charge >= 0.3 is 0 Å². The van der Waals surface area contributed by atoms with Crippen molar-refractivity contribution < 1.29 is 8.83 Å². The van der Waals surface area contributed by atoms with E-state index in [1.165, 1.54) is 120 Å². The Morgan fingerprint density at radius 1 is 0.188 bits per heavy atom. The lowest BCUT2D eigenvalue weighted by atomic mass is 9.83. The number of benzene rings is 15. The third kappa shape index (κ3) is 6.66. The molecule has 0 spiro atoms. The summed E-state index contributed by atoms with van der Waals surface area (Å²) >= 11 is 0. The molecular formula is C78H46O2. The maximum Gasteiger partial charge on any atom is 0.143 e. The highest BCUT2D eigenvalue weighted by molar-refractivity contribution is 6.28. The van der Waals surface area contributed by atoms with Crippen molar-refractivity contribution in [3.8, 4) is 66.8 Å². The van der Waals surface area contributed by atoms with E-state index in [9.17, 15) is 0 Å². The molecule has 0 saturated carbocycles. The van der Waals surface area contributed by atoms with Gasteiger partial charge in [-0.15, -0.1) is 0 Å². The van der Waals surface area contributed by atoms with Crippen molar-refractivity contribution in [3.63, 3.8) is 0 Å². The van der Waals surface area contributed by atoms with Crippen molar-refractivity contribution in [2.75, 3.05) is 0 Å². The Kier molecular flexibility index (Phi) is 9.75. The van der Waals surface area contributed by atoms with Crippen LogP contribution in [0.2, 0.25) is 0 Å². The highest BCUT2D eigenvalue weighted by Crippen LogP contribution is 2.50. The number of fused-ring (bicyclic) bond motifs is 12. The minimum absolute atomic E-state index is 0.902. The molecule has 0 aliphatic heterocycles. The van der Waals surface area contributed by atoms with Gasteiger partial charge in [0, 0.05) is 27.1 Å². The Bertz CT molecular complexity index is 5310. The zero-order chi connectivity index (χ0) is 52.4. The lowest BCUT2D eigenvalue weighted by molar-refractivity contribution is 0.669. The van der Waals surface area contributed by atoms with Crippen LogP contribution in [0.5, 0.6) is 0 Å². The lowest BCUT2D eigenvalue weighted by Gasteiger charge is -2.19. The Morgan fingerprint density at radius 2 is 0.550 bits per heavy atom. The van der Waals surface area contributed by atoms with Crippen molar-refractivity contribution >= 4 is 109 Å². The Morgan fingerprint density at radius 3 is 1.09 bits per heavy atom. The number of rotatable bonds is 6. The predicted molar refractivity (Wildman–Crippen MR) is 339 cm³/mol. The number of para-hydroxylation sites is 3. The van der Waals surface area contributed by atoms with Crippen LogP contribution in [-0.4, -0.2) is 0 Å². The van der Waals surface area contributed by atoms with Crippen LogP contribution in [0.1, 0.15) is 0 Å². The summed E-state index contributed by atoms with van der Waals surface area (Å²) < 4.78 is 12.9. The molecule has 0 aliphatic rings. The SMILES string of the molecule is c1cc(-c2c3ccccc3c(-c3ccc(-c4cccc5c4oc4ccccc45)cc3)c3ccccc23)c2ccc(-c3ccc4c(-c5c6ccccc6c(-c6cccc7oc8ccccc8c67)c6ccccc56)cccc4c3)cc2c1. The van der Waals surface area contributed by atoms with Crippen LogP contribution in [0.15, 0.2) is 288 Å². The topological polar surface area (TPSA) is 26.3 Å². The summed E-state index contributed by atoms with van der Waals surface area (Å²) in [5.41, 5.74) is 18.0. The molecule has 2 heterocycles. The fourth-order valence-electron chi connectivity index (χ4n) is 13.6. The van der Waals surface area contributed by atoms with Crippen molar-refractivity contribution in [2.24, 2.45) is 0 Å². The summed E-state index contributed by atoms with van der Waals surface area (Å²) in [6.07, 6.45) is 0. The molecule has 0 amide bonds. The van der Waals surface area contributed by atoms with E-state index in [0.717, 1.165) is 55.0 Å². The fraction of sp³-hybridized carbons (Fsp3) is 0. The van der Waals surface area contributed by atoms with Gasteiger partial charge in [-0.1, -0.05) is 249 Å². The summed E-state index contributed by atoms with van der Waals surface area (Å²) in [6.45, 7) is 0. The Balaban J connectivity index is 0.767. The van der Waals surface area contributed by atoms with Gasteiger partial charge in [0.2, 0.25) is 0 Å². The van der Waals surface area contributed by atoms with Gasteiger partial charge in [0.25, 0.3) is 0 Å². The summed E-state index contributed by atoms with van der Waals surface area (Å²) in [4.78, 5) is 0. The minimum atomic E-state index is 0.902. The van der Waals surface area contributed by atoms with E-state index in [1.54, 1.807) is 0 Å². The number of hydrogen-bond acceptors (Lipinski definition) is 2. The molecule has 80 heavy (non-hydrogen) atoms. The predicted octanol–water partition coefficient (Wildman–Crippen LogP) is 22.4. The quantitative estimate of drug-likeness (QED) is 0.155. The van der Waals surface area contributed by atoms with Gasteiger partial charge in [-0.05, 0) is 156 Å². The number of hydrogen-bond donors (Lipinski definition) is 0. The lowest BCUT2D eigenvalue weighted by Crippen LogP contribution is -1.92. The normalized spacial score (nSPS) is 12.0. The molecule has 0 unspecified atom stereocenters. The van der Waals surface area contributed by atoms with Crippen LogP contribution in [0, 0.1) is 0 Å². The van der Waals surface area contributed by atoms with Gasteiger partial charge in [0.1, 0.15) is 22.3 Å². The van der Waals surface area contributed by atoms with Crippen LogP contribution < -0.4 is 0 Å². The van der Waals surface area contributed by atoms with Crippen molar-refractivity contribution in [2.45, 2.75) is 0 Å². The molecule has 0 fully saturated rings. The molecule has 15 aromatic carbocycles. The van der Waals surface area contributed by atoms with Gasteiger partial charge < -0.3 is 8.83 Å². The van der Waals surface area contributed by atoms with E-state index in [4.69, 9.17) is 8.83 Å². The molecular weight excluding hydrogens is 969 g/mol. The maximum atomic E-state index is 6.46. The molecule has 370 valence electrons. The van der Waals surface area contributed by atoms with Gasteiger partial charge in [-0.3, -0.25) is 0 Å². The van der Waals surface area contributed by atoms with E-state index < -0.39 is 0 Å². The first kappa shape index (κ1) is 44.6. The second kappa shape index (κ2) is 17.5. The molecule has 2 heteroatoms. The Labute approximate surface area is 460 Å². The second-order valence-corrected chi connectivity index (χ2v) is 21.3. The Hall–Kier alpha value is -10.5.